The van der Waals surface area contributed by atoms with E-state index < -0.39 is 5.97 Å². The molecule has 20 heavy (non-hydrogen) atoms. The molecule has 0 aliphatic rings. The van der Waals surface area contributed by atoms with Crippen LogP contribution in [0, 0.1) is 5.92 Å². The van der Waals surface area contributed by atoms with E-state index in [9.17, 15) is 4.79 Å². The summed E-state index contributed by atoms with van der Waals surface area (Å²) in [7, 11) is 0. The molecule has 0 bridgehead atoms. The first-order valence-electron chi connectivity index (χ1n) is 6.83. The molecule has 106 valence electrons. The predicted octanol–water partition coefficient (Wildman–Crippen LogP) is 3.39. The van der Waals surface area contributed by atoms with Gasteiger partial charge in [-0.05, 0) is 31.9 Å². The van der Waals surface area contributed by atoms with Crippen molar-refractivity contribution in [1.29, 1.82) is 0 Å². The van der Waals surface area contributed by atoms with Gasteiger partial charge in [0.1, 0.15) is 0 Å². The molecule has 0 saturated carbocycles. The van der Waals surface area contributed by atoms with Gasteiger partial charge in [-0.25, -0.2) is 4.98 Å². The van der Waals surface area contributed by atoms with Gasteiger partial charge in [-0.15, -0.1) is 0 Å². The second-order valence-electron chi connectivity index (χ2n) is 5.42. The SMILES string of the molecule is CC(Cc1cccc(-c2cncn2C(C)C)c1)C(=O)O. The standard InChI is InChI=1S/C16H20N2O2/c1-11(2)18-10-17-9-15(18)14-6-4-5-13(8-14)7-12(3)16(19)20/h4-6,8-12H,7H2,1-3H3,(H,19,20). The zero-order valence-corrected chi connectivity index (χ0v) is 12.1. The lowest BCUT2D eigenvalue weighted by molar-refractivity contribution is -0.141. The summed E-state index contributed by atoms with van der Waals surface area (Å²) in [5, 5.41) is 9.00. The van der Waals surface area contributed by atoms with Gasteiger partial charge in [0.25, 0.3) is 0 Å². The fourth-order valence-electron chi connectivity index (χ4n) is 2.24. The Hall–Kier alpha value is -2.10. The van der Waals surface area contributed by atoms with Crippen molar-refractivity contribution < 1.29 is 9.90 Å². The van der Waals surface area contributed by atoms with Crippen LogP contribution in [0.1, 0.15) is 32.4 Å². The predicted molar refractivity (Wildman–Crippen MR) is 78.6 cm³/mol. The fraction of sp³-hybridized carbons (Fsp3) is 0.375. The maximum atomic E-state index is 10.9. The van der Waals surface area contributed by atoms with Gasteiger partial charge in [-0.2, -0.15) is 0 Å². The summed E-state index contributed by atoms with van der Waals surface area (Å²) in [5.41, 5.74) is 3.17. The van der Waals surface area contributed by atoms with E-state index in [1.807, 2.05) is 30.7 Å². The lowest BCUT2D eigenvalue weighted by Gasteiger charge is -2.13. The highest BCUT2D eigenvalue weighted by molar-refractivity contribution is 5.70. The Morgan fingerprint density at radius 3 is 2.75 bits per heavy atom. The molecule has 1 atom stereocenters. The van der Waals surface area contributed by atoms with E-state index in [-0.39, 0.29) is 5.92 Å². The van der Waals surface area contributed by atoms with Gasteiger partial charge in [0, 0.05) is 11.6 Å². The van der Waals surface area contributed by atoms with Crippen molar-refractivity contribution in [3.63, 3.8) is 0 Å². The number of benzene rings is 1. The summed E-state index contributed by atoms with van der Waals surface area (Å²) in [6, 6.07) is 8.37. The van der Waals surface area contributed by atoms with E-state index in [1.165, 1.54) is 0 Å². The van der Waals surface area contributed by atoms with Crippen LogP contribution in [0.3, 0.4) is 0 Å². The minimum Gasteiger partial charge on any atom is -0.481 e. The maximum Gasteiger partial charge on any atom is 0.306 e. The molecule has 2 aromatic rings. The Kier molecular flexibility index (Phi) is 4.23. The molecular weight excluding hydrogens is 252 g/mol. The van der Waals surface area contributed by atoms with E-state index in [4.69, 9.17) is 5.11 Å². The van der Waals surface area contributed by atoms with Gasteiger partial charge in [0.2, 0.25) is 0 Å². The number of carbonyl (C=O) groups is 1. The molecule has 1 aromatic heterocycles. The van der Waals surface area contributed by atoms with Gasteiger partial charge in [0.05, 0.1) is 24.1 Å². The number of nitrogens with zero attached hydrogens (tertiary/aromatic N) is 2. The molecule has 2 rings (SSSR count). The number of hydrogen-bond donors (Lipinski definition) is 1. The largest absolute Gasteiger partial charge is 0.481 e. The molecule has 0 amide bonds. The van der Waals surface area contributed by atoms with Gasteiger partial charge < -0.3 is 9.67 Å². The molecule has 0 aliphatic heterocycles. The number of carboxylic acid groups (broad SMARTS) is 1. The number of aliphatic carboxylic acids is 1. The fourth-order valence-corrected chi connectivity index (χ4v) is 2.24. The van der Waals surface area contributed by atoms with Gasteiger partial charge in [-0.1, -0.05) is 25.1 Å². The third-order valence-electron chi connectivity index (χ3n) is 3.41. The molecule has 0 aliphatic carbocycles. The molecule has 1 N–H and O–H groups in total. The number of carboxylic acids is 1. The summed E-state index contributed by atoms with van der Waals surface area (Å²) < 4.78 is 2.11. The molecule has 1 aromatic carbocycles. The molecule has 0 saturated heterocycles. The second kappa shape index (κ2) is 5.90. The summed E-state index contributed by atoms with van der Waals surface area (Å²) in [6.07, 6.45) is 4.21. The van der Waals surface area contributed by atoms with E-state index in [2.05, 4.69) is 29.5 Å². The molecule has 4 nitrogen and oxygen atoms in total. The van der Waals surface area contributed by atoms with Crippen LogP contribution in [0.5, 0.6) is 0 Å². The Bertz CT molecular complexity index is 602. The second-order valence-corrected chi connectivity index (χ2v) is 5.42. The van der Waals surface area contributed by atoms with Crippen LogP contribution < -0.4 is 0 Å². The summed E-state index contributed by atoms with van der Waals surface area (Å²) >= 11 is 0. The van der Waals surface area contributed by atoms with Crippen molar-refractivity contribution in [2.24, 2.45) is 5.92 Å². The first kappa shape index (κ1) is 14.3. The maximum absolute atomic E-state index is 10.9. The topological polar surface area (TPSA) is 55.1 Å². The first-order chi connectivity index (χ1) is 9.49. The van der Waals surface area contributed by atoms with Crippen molar-refractivity contribution in [1.82, 2.24) is 9.55 Å². The smallest absolute Gasteiger partial charge is 0.306 e. The summed E-state index contributed by atoms with van der Waals surface area (Å²) in [4.78, 5) is 15.2. The van der Waals surface area contributed by atoms with Crippen molar-refractivity contribution in [3.8, 4) is 11.3 Å². The normalized spacial score (nSPS) is 12.6. The van der Waals surface area contributed by atoms with Crippen LogP contribution in [-0.4, -0.2) is 20.6 Å². The highest BCUT2D eigenvalue weighted by Crippen LogP contribution is 2.24. The van der Waals surface area contributed by atoms with Crippen LogP contribution in [0.2, 0.25) is 0 Å². The van der Waals surface area contributed by atoms with Crippen LogP contribution in [0.15, 0.2) is 36.8 Å². The third kappa shape index (κ3) is 3.07. The Morgan fingerprint density at radius 1 is 1.35 bits per heavy atom. The molecule has 0 fully saturated rings. The van der Waals surface area contributed by atoms with E-state index in [0.717, 1.165) is 16.8 Å². The Balaban J connectivity index is 2.30. The quantitative estimate of drug-likeness (QED) is 0.907. The van der Waals surface area contributed by atoms with Crippen molar-refractivity contribution in [2.75, 3.05) is 0 Å². The summed E-state index contributed by atoms with van der Waals surface area (Å²) in [5.74, 6) is -1.14. The molecule has 0 spiro atoms. The van der Waals surface area contributed by atoms with Crippen molar-refractivity contribution in [3.05, 3.63) is 42.4 Å². The lowest BCUT2D eigenvalue weighted by atomic mass is 9.99. The third-order valence-corrected chi connectivity index (χ3v) is 3.41. The van der Waals surface area contributed by atoms with Crippen LogP contribution in [-0.2, 0) is 11.2 Å². The molecule has 1 unspecified atom stereocenters. The minimum absolute atomic E-state index is 0.342. The van der Waals surface area contributed by atoms with Crippen molar-refractivity contribution in [2.45, 2.75) is 33.2 Å². The average Bonchev–Trinajstić information content (AvgIpc) is 2.88. The number of aromatic nitrogens is 2. The molecule has 1 heterocycles. The first-order valence-corrected chi connectivity index (χ1v) is 6.83. The van der Waals surface area contributed by atoms with Crippen LogP contribution in [0.25, 0.3) is 11.3 Å². The average molecular weight is 272 g/mol. The highest BCUT2D eigenvalue weighted by Gasteiger charge is 2.13. The van der Waals surface area contributed by atoms with Crippen LogP contribution in [0.4, 0.5) is 0 Å². The molecule has 0 radical (unpaired) electrons. The van der Waals surface area contributed by atoms with Gasteiger partial charge >= 0.3 is 5.97 Å². The zero-order valence-electron chi connectivity index (χ0n) is 12.1. The van der Waals surface area contributed by atoms with Gasteiger partial charge in [0.15, 0.2) is 0 Å². The Morgan fingerprint density at radius 2 is 2.10 bits per heavy atom. The van der Waals surface area contributed by atoms with Gasteiger partial charge in [-0.3, -0.25) is 4.79 Å². The van der Waals surface area contributed by atoms with Crippen LogP contribution >= 0.6 is 0 Å². The lowest BCUT2D eigenvalue weighted by Crippen LogP contribution is -2.12. The van der Waals surface area contributed by atoms with E-state index in [0.29, 0.717) is 12.5 Å². The minimum atomic E-state index is -0.761. The number of imidazole rings is 1. The molecular formula is C16H20N2O2. The van der Waals surface area contributed by atoms with E-state index >= 15 is 0 Å². The highest BCUT2D eigenvalue weighted by atomic mass is 16.4. The number of rotatable bonds is 5. The van der Waals surface area contributed by atoms with Crippen molar-refractivity contribution >= 4 is 5.97 Å². The zero-order chi connectivity index (χ0) is 14.7. The molecule has 4 heteroatoms. The number of hydrogen-bond acceptors (Lipinski definition) is 2. The monoisotopic (exact) mass is 272 g/mol. The Labute approximate surface area is 119 Å². The summed E-state index contributed by atoms with van der Waals surface area (Å²) in [6.45, 7) is 5.95. The van der Waals surface area contributed by atoms with E-state index in [1.54, 1.807) is 6.92 Å².